The second-order valence-electron chi connectivity index (χ2n) is 4.29. The average molecular weight is 231 g/mol. The molecule has 0 saturated carbocycles. The van der Waals surface area contributed by atoms with Gasteiger partial charge in [0, 0.05) is 31.4 Å². The van der Waals surface area contributed by atoms with Gasteiger partial charge in [-0.15, -0.1) is 0 Å². The highest BCUT2D eigenvalue weighted by molar-refractivity contribution is 5.94. The molecular formula is C13H17N3O. The second-order valence-corrected chi connectivity index (χ2v) is 4.29. The molecule has 0 bridgehead atoms. The van der Waals surface area contributed by atoms with Gasteiger partial charge in [0.15, 0.2) is 0 Å². The lowest BCUT2D eigenvalue weighted by Gasteiger charge is -2.25. The lowest BCUT2D eigenvalue weighted by atomic mass is 10.1. The molecule has 0 atom stereocenters. The number of carbonyl (C=O) groups excluding carboxylic acids is 1. The first kappa shape index (κ1) is 11.8. The third kappa shape index (κ3) is 2.71. The van der Waals surface area contributed by atoms with E-state index < -0.39 is 0 Å². The molecule has 0 radical (unpaired) electrons. The van der Waals surface area contributed by atoms with Crippen LogP contribution < -0.4 is 5.73 Å². The van der Waals surface area contributed by atoms with Crippen molar-refractivity contribution in [3.8, 4) is 0 Å². The van der Waals surface area contributed by atoms with E-state index in [1.807, 2.05) is 4.90 Å². The van der Waals surface area contributed by atoms with Gasteiger partial charge >= 0.3 is 0 Å². The van der Waals surface area contributed by atoms with Gasteiger partial charge in [0.1, 0.15) is 0 Å². The fourth-order valence-electron chi connectivity index (χ4n) is 1.86. The van der Waals surface area contributed by atoms with Crippen molar-refractivity contribution >= 4 is 5.91 Å². The van der Waals surface area contributed by atoms with E-state index in [-0.39, 0.29) is 5.91 Å². The summed E-state index contributed by atoms with van der Waals surface area (Å²) in [4.78, 5) is 18.1. The van der Waals surface area contributed by atoms with Gasteiger partial charge in [-0.1, -0.05) is 11.6 Å². The smallest absolute Gasteiger partial charge is 0.254 e. The SMILES string of the molecule is CC1=CCN(C(=O)c2ccnc(CN)c2)CC1. The van der Waals surface area contributed by atoms with Crippen molar-refractivity contribution in [2.75, 3.05) is 13.1 Å². The molecule has 0 fully saturated rings. The standard InChI is InChI=1S/C13H17N3O/c1-10-3-6-16(7-4-10)13(17)11-2-5-15-12(8-11)9-14/h2-3,5,8H,4,6-7,9,14H2,1H3. The number of pyridine rings is 1. The first-order valence-electron chi connectivity index (χ1n) is 5.80. The summed E-state index contributed by atoms with van der Waals surface area (Å²) in [6.45, 7) is 3.95. The van der Waals surface area contributed by atoms with E-state index in [4.69, 9.17) is 5.73 Å². The molecule has 17 heavy (non-hydrogen) atoms. The summed E-state index contributed by atoms with van der Waals surface area (Å²) in [5.41, 5.74) is 8.30. The molecule has 1 aromatic rings. The topological polar surface area (TPSA) is 59.2 Å². The highest BCUT2D eigenvalue weighted by Gasteiger charge is 2.17. The molecule has 0 aromatic carbocycles. The highest BCUT2D eigenvalue weighted by atomic mass is 16.2. The quantitative estimate of drug-likeness (QED) is 0.781. The zero-order valence-corrected chi connectivity index (χ0v) is 10.0. The number of nitrogens with two attached hydrogens (primary N) is 1. The van der Waals surface area contributed by atoms with Crippen molar-refractivity contribution in [1.29, 1.82) is 0 Å². The van der Waals surface area contributed by atoms with Crippen LogP contribution in [0, 0.1) is 0 Å². The molecular weight excluding hydrogens is 214 g/mol. The normalized spacial score (nSPS) is 15.6. The number of amides is 1. The van der Waals surface area contributed by atoms with Crippen LogP contribution in [0.2, 0.25) is 0 Å². The maximum absolute atomic E-state index is 12.2. The Morgan fingerprint density at radius 3 is 3.06 bits per heavy atom. The van der Waals surface area contributed by atoms with Crippen LogP contribution in [-0.4, -0.2) is 28.9 Å². The van der Waals surface area contributed by atoms with Gasteiger partial charge < -0.3 is 10.6 Å². The summed E-state index contributed by atoms with van der Waals surface area (Å²) in [5.74, 6) is 0.0610. The molecule has 4 heteroatoms. The van der Waals surface area contributed by atoms with Crippen LogP contribution in [0.4, 0.5) is 0 Å². The lowest BCUT2D eigenvalue weighted by molar-refractivity contribution is 0.0769. The van der Waals surface area contributed by atoms with Crippen LogP contribution in [0.1, 0.15) is 29.4 Å². The van der Waals surface area contributed by atoms with Gasteiger partial charge in [-0.25, -0.2) is 0 Å². The molecule has 0 aliphatic carbocycles. The summed E-state index contributed by atoms with van der Waals surface area (Å²) in [6, 6.07) is 3.51. The predicted octanol–water partition coefficient (Wildman–Crippen LogP) is 1.33. The molecule has 0 spiro atoms. The minimum absolute atomic E-state index is 0.0610. The second kappa shape index (κ2) is 5.10. The molecule has 2 heterocycles. The summed E-state index contributed by atoms with van der Waals surface area (Å²) in [6.07, 6.45) is 4.70. The summed E-state index contributed by atoms with van der Waals surface area (Å²) in [7, 11) is 0. The molecule has 2 N–H and O–H groups in total. The Balaban J connectivity index is 2.14. The van der Waals surface area contributed by atoms with Gasteiger partial charge in [-0.3, -0.25) is 9.78 Å². The number of aromatic nitrogens is 1. The summed E-state index contributed by atoms with van der Waals surface area (Å²) < 4.78 is 0. The maximum atomic E-state index is 12.2. The van der Waals surface area contributed by atoms with Crippen molar-refractivity contribution in [2.45, 2.75) is 19.9 Å². The number of hydrogen-bond donors (Lipinski definition) is 1. The average Bonchev–Trinajstić information content (AvgIpc) is 2.39. The van der Waals surface area contributed by atoms with E-state index in [0.717, 1.165) is 18.7 Å². The van der Waals surface area contributed by atoms with Crippen LogP contribution in [0.15, 0.2) is 30.0 Å². The van der Waals surface area contributed by atoms with Crippen LogP contribution in [0.3, 0.4) is 0 Å². The van der Waals surface area contributed by atoms with Crippen LogP contribution in [-0.2, 0) is 6.54 Å². The number of carbonyl (C=O) groups is 1. The summed E-state index contributed by atoms with van der Waals surface area (Å²) >= 11 is 0. The lowest BCUT2D eigenvalue weighted by Crippen LogP contribution is -2.34. The highest BCUT2D eigenvalue weighted by Crippen LogP contribution is 2.13. The van der Waals surface area contributed by atoms with E-state index in [1.165, 1.54) is 5.57 Å². The molecule has 1 aromatic heterocycles. The Hall–Kier alpha value is -1.68. The number of hydrogen-bond acceptors (Lipinski definition) is 3. The number of rotatable bonds is 2. The molecule has 1 amide bonds. The molecule has 0 saturated heterocycles. The monoisotopic (exact) mass is 231 g/mol. The van der Waals surface area contributed by atoms with Gasteiger partial charge in [0.2, 0.25) is 0 Å². The zero-order chi connectivity index (χ0) is 12.3. The van der Waals surface area contributed by atoms with E-state index in [0.29, 0.717) is 18.7 Å². The van der Waals surface area contributed by atoms with E-state index in [9.17, 15) is 4.79 Å². The van der Waals surface area contributed by atoms with Crippen molar-refractivity contribution in [1.82, 2.24) is 9.88 Å². The van der Waals surface area contributed by atoms with Gasteiger partial charge in [-0.05, 0) is 25.5 Å². The molecule has 90 valence electrons. The minimum atomic E-state index is 0.0610. The Morgan fingerprint density at radius 2 is 2.41 bits per heavy atom. The minimum Gasteiger partial charge on any atom is -0.335 e. The van der Waals surface area contributed by atoms with E-state index >= 15 is 0 Å². The van der Waals surface area contributed by atoms with Crippen molar-refractivity contribution < 1.29 is 4.79 Å². The first-order valence-corrected chi connectivity index (χ1v) is 5.80. The van der Waals surface area contributed by atoms with Gasteiger partial charge in [0.05, 0.1) is 5.69 Å². The van der Waals surface area contributed by atoms with Crippen molar-refractivity contribution in [2.24, 2.45) is 5.73 Å². The molecule has 2 rings (SSSR count). The Labute approximate surface area is 101 Å². The fourth-order valence-corrected chi connectivity index (χ4v) is 1.86. The molecule has 1 aliphatic heterocycles. The van der Waals surface area contributed by atoms with E-state index in [2.05, 4.69) is 18.0 Å². The van der Waals surface area contributed by atoms with Gasteiger partial charge in [0.25, 0.3) is 5.91 Å². The van der Waals surface area contributed by atoms with E-state index in [1.54, 1.807) is 18.3 Å². The molecule has 0 unspecified atom stereocenters. The maximum Gasteiger partial charge on any atom is 0.254 e. The zero-order valence-electron chi connectivity index (χ0n) is 10.0. The summed E-state index contributed by atoms with van der Waals surface area (Å²) in [5, 5.41) is 0. The Kier molecular flexibility index (Phi) is 3.54. The molecule has 1 aliphatic rings. The van der Waals surface area contributed by atoms with Crippen LogP contribution in [0.5, 0.6) is 0 Å². The third-order valence-corrected chi connectivity index (χ3v) is 3.00. The Bertz CT molecular complexity index is 454. The Morgan fingerprint density at radius 1 is 1.59 bits per heavy atom. The first-order chi connectivity index (χ1) is 8.20. The third-order valence-electron chi connectivity index (χ3n) is 3.00. The fraction of sp³-hybridized carbons (Fsp3) is 0.385. The molecule has 4 nitrogen and oxygen atoms in total. The van der Waals surface area contributed by atoms with Gasteiger partial charge in [-0.2, -0.15) is 0 Å². The largest absolute Gasteiger partial charge is 0.335 e. The number of nitrogens with zero attached hydrogens (tertiary/aromatic N) is 2. The van der Waals surface area contributed by atoms with Crippen molar-refractivity contribution in [3.63, 3.8) is 0 Å². The predicted molar refractivity (Wildman–Crippen MR) is 66.4 cm³/mol. The van der Waals surface area contributed by atoms with Crippen LogP contribution in [0.25, 0.3) is 0 Å². The van der Waals surface area contributed by atoms with Crippen molar-refractivity contribution in [3.05, 3.63) is 41.2 Å². The van der Waals surface area contributed by atoms with Crippen LogP contribution >= 0.6 is 0 Å².